The van der Waals surface area contributed by atoms with Crippen molar-refractivity contribution in [3.05, 3.63) is 51.5 Å². The van der Waals surface area contributed by atoms with Crippen molar-refractivity contribution in [2.24, 2.45) is 0 Å². The van der Waals surface area contributed by atoms with Crippen LogP contribution in [0.2, 0.25) is 0 Å². The Morgan fingerprint density at radius 1 is 1.47 bits per heavy atom. The zero-order chi connectivity index (χ0) is 13.2. The highest BCUT2D eigenvalue weighted by Gasteiger charge is 2.25. The first kappa shape index (κ1) is 12.8. The average molecular weight is 275 g/mol. The number of hydrogen-bond acceptors (Lipinski definition) is 4. The van der Waals surface area contributed by atoms with E-state index in [1.165, 1.54) is 22.5 Å². The van der Waals surface area contributed by atoms with Gasteiger partial charge in [0.25, 0.3) is 0 Å². The molecule has 1 N–H and O–H groups in total. The lowest BCUT2D eigenvalue weighted by atomic mass is 9.94. The summed E-state index contributed by atoms with van der Waals surface area (Å²) in [4.78, 5) is 5.14. The number of rotatable bonds is 3. The molecule has 100 valence electrons. The SMILES string of the molecule is Cc1ncsc1C(O)CC1OCCc2ccccc21. The van der Waals surface area contributed by atoms with Crippen molar-refractivity contribution in [1.82, 2.24) is 4.98 Å². The molecule has 2 unspecified atom stereocenters. The van der Waals surface area contributed by atoms with Crippen LogP contribution >= 0.6 is 11.3 Å². The Morgan fingerprint density at radius 2 is 2.32 bits per heavy atom. The fraction of sp³-hybridized carbons (Fsp3) is 0.400. The van der Waals surface area contributed by atoms with E-state index < -0.39 is 6.10 Å². The van der Waals surface area contributed by atoms with Gasteiger partial charge in [0.15, 0.2) is 0 Å². The minimum atomic E-state index is -0.497. The Bertz CT molecular complexity index is 567. The van der Waals surface area contributed by atoms with Crippen LogP contribution in [0.15, 0.2) is 29.8 Å². The zero-order valence-corrected chi connectivity index (χ0v) is 11.7. The number of hydrogen-bond donors (Lipinski definition) is 1. The highest BCUT2D eigenvalue weighted by molar-refractivity contribution is 7.09. The van der Waals surface area contributed by atoms with Gasteiger partial charge in [-0.1, -0.05) is 24.3 Å². The van der Waals surface area contributed by atoms with Gasteiger partial charge in [0.1, 0.15) is 0 Å². The second-order valence-corrected chi connectivity index (χ2v) is 5.75. The molecule has 19 heavy (non-hydrogen) atoms. The van der Waals surface area contributed by atoms with Gasteiger partial charge in [-0.25, -0.2) is 4.98 Å². The van der Waals surface area contributed by atoms with Gasteiger partial charge >= 0.3 is 0 Å². The van der Waals surface area contributed by atoms with E-state index in [1.807, 2.05) is 13.0 Å². The summed E-state index contributed by atoms with van der Waals surface area (Å²) in [5.41, 5.74) is 5.26. The summed E-state index contributed by atoms with van der Waals surface area (Å²) in [7, 11) is 0. The van der Waals surface area contributed by atoms with Crippen molar-refractivity contribution in [3.8, 4) is 0 Å². The predicted molar refractivity (Wildman–Crippen MR) is 75.3 cm³/mol. The third-order valence-corrected chi connectivity index (χ3v) is 4.65. The van der Waals surface area contributed by atoms with Crippen molar-refractivity contribution in [3.63, 3.8) is 0 Å². The zero-order valence-electron chi connectivity index (χ0n) is 10.9. The second kappa shape index (κ2) is 5.41. The molecule has 0 spiro atoms. The van der Waals surface area contributed by atoms with E-state index in [-0.39, 0.29) is 6.10 Å². The quantitative estimate of drug-likeness (QED) is 0.935. The number of ether oxygens (including phenoxy) is 1. The van der Waals surface area contributed by atoms with Crippen LogP contribution in [0.3, 0.4) is 0 Å². The molecule has 0 aliphatic carbocycles. The minimum absolute atomic E-state index is 0.0125. The lowest BCUT2D eigenvalue weighted by Gasteiger charge is -2.27. The van der Waals surface area contributed by atoms with E-state index >= 15 is 0 Å². The minimum Gasteiger partial charge on any atom is -0.387 e. The molecule has 2 heterocycles. The molecule has 0 fully saturated rings. The van der Waals surface area contributed by atoms with Crippen LogP contribution in [0.25, 0.3) is 0 Å². The summed E-state index contributed by atoms with van der Waals surface area (Å²) in [5, 5.41) is 10.4. The molecular formula is C15H17NO2S. The number of aryl methyl sites for hydroxylation is 1. The molecule has 0 bridgehead atoms. The molecule has 4 heteroatoms. The van der Waals surface area contributed by atoms with Crippen LogP contribution in [-0.4, -0.2) is 16.7 Å². The maximum absolute atomic E-state index is 10.4. The maximum Gasteiger partial charge on any atom is 0.0928 e. The Labute approximate surface area is 116 Å². The standard InChI is InChI=1S/C15H17NO2S/c1-10-15(19-9-16-10)13(17)8-14-12-5-3-2-4-11(12)6-7-18-14/h2-5,9,13-14,17H,6-8H2,1H3. The summed E-state index contributed by atoms with van der Waals surface area (Å²) < 4.78 is 5.84. The molecule has 0 radical (unpaired) electrons. The fourth-order valence-corrected chi connectivity index (χ4v) is 3.41. The molecule has 3 rings (SSSR count). The highest BCUT2D eigenvalue weighted by Crippen LogP contribution is 2.35. The van der Waals surface area contributed by atoms with Crippen molar-refractivity contribution >= 4 is 11.3 Å². The van der Waals surface area contributed by atoms with Crippen molar-refractivity contribution in [2.45, 2.75) is 32.0 Å². The average Bonchev–Trinajstić information content (AvgIpc) is 2.85. The van der Waals surface area contributed by atoms with E-state index in [0.29, 0.717) is 6.42 Å². The summed E-state index contributed by atoms with van der Waals surface area (Å²) in [5.74, 6) is 0. The lowest BCUT2D eigenvalue weighted by Crippen LogP contribution is -2.18. The first-order valence-electron chi connectivity index (χ1n) is 6.53. The Balaban J connectivity index is 1.80. The number of aliphatic hydroxyl groups excluding tert-OH is 1. The van der Waals surface area contributed by atoms with E-state index in [9.17, 15) is 5.11 Å². The van der Waals surface area contributed by atoms with Gasteiger partial charge in [0.2, 0.25) is 0 Å². The summed E-state index contributed by atoms with van der Waals surface area (Å²) in [6.07, 6.45) is 1.05. The Hall–Kier alpha value is -1.23. The fourth-order valence-electron chi connectivity index (χ4n) is 2.61. The third-order valence-electron chi connectivity index (χ3n) is 3.62. The third kappa shape index (κ3) is 2.56. The van der Waals surface area contributed by atoms with Crippen molar-refractivity contribution in [1.29, 1.82) is 0 Å². The molecule has 1 aromatic heterocycles. The topological polar surface area (TPSA) is 42.4 Å². The van der Waals surface area contributed by atoms with E-state index in [0.717, 1.165) is 23.6 Å². The van der Waals surface area contributed by atoms with Crippen LogP contribution < -0.4 is 0 Å². The Morgan fingerprint density at radius 3 is 3.11 bits per heavy atom. The number of aliphatic hydroxyl groups is 1. The van der Waals surface area contributed by atoms with Crippen LogP contribution in [0.4, 0.5) is 0 Å². The van der Waals surface area contributed by atoms with Crippen LogP contribution in [0.1, 0.15) is 40.3 Å². The summed E-state index contributed by atoms with van der Waals surface area (Å²) in [6, 6.07) is 8.34. The largest absolute Gasteiger partial charge is 0.387 e. The normalized spacial score (nSPS) is 20.0. The second-order valence-electron chi connectivity index (χ2n) is 4.86. The monoisotopic (exact) mass is 275 g/mol. The molecule has 0 amide bonds. The molecule has 2 atom stereocenters. The summed E-state index contributed by atoms with van der Waals surface area (Å²) >= 11 is 1.51. The molecule has 1 aliphatic heterocycles. The van der Waals surface area contributed by atoms with E-state index in [4.69, 9.17) is 4.74 Å². The van der Waals surface area contributed by atoms with Gasteiger partial charge in [0.05, 0.1) is 34.9 Å². The molecule has 3 nitrogen and oxygen atoms in total. The highest BCUT2D eigenvalue weighted by atomic mass is 32.1. The molecule has 0 saturated heterocycles. The molecule has 0 saturated carbocycles. The predicted octanol–water partition coefficient (Wildman–Crippen LogP) is 3.19. The van der Waals surface area contributed by atoms with E-state index in [2.05, 4.69) is 23.2 Å². The van der Waals surface area contributed by atoms with Gasteiger partial charge in [-0.15, -0.1) is 11.3 Å². The maximum atomic E-state index is 10.4. The number of nitrogens with zero attached hydrogens (tertiary/aromatic N) is 1. The van der Waals surface area contributed by atoms with Gasteiger partial charge in [-0.05, 0) is 24.5 Å². The number of aromatic nitrogens is 1. The number of fused-ring (bicyclic) bond motifs is 1. The first-order valence-corrected chi connectivity index (χ1v) is 7.41. The molecule has 2 aromatic rings. The smallest absolute Gasteiger partial charge is 0.0928 e. The number of benzene rings is 1. The molecule has 1 aliphatic rings. The van der Waals surface area contributed by atoms with Gasteiger partial charge in [0, 0.05) is 6.42 Å². The summed E-state index contributed by atoms with van der Waals surface area (Å²) in [6.45, 7) is 2.67. The van der Waals surface area contributed by atoms with Crippen LogP contribution in [-0.2, 0) is 11.2 Å². The van der Waals surface area contributed by atoms with E-state index in [1.54, 1.807) is 5.51 Å². The first-order chi connectivity index (χ1) is 9.25. The lowest BCUT2D eigenvalue weighted by molar-refractivity contribution is 0.00441. The molecular weight excluding hydrogens is 258 g/mol. The number of thiazole rings is 1. The van der Waals surface area contributed by atoms with Gasteiger partial charge in [-0.2, -0.15) is 0 Å². The van der Waals surface area contributed by atoms with Gasteiger partial charge in [-0.3, -0.25) is 0 Å². The van der Waals surface area contributed by atoms with Crippen molar-refractivity contribution < 1.29 is 9.84 Å². The van der Waals surface area contributed by atoms with Crippen LogP contribution in [0.5, 0.6) is 0 Å². The van der Waals surface area contributed by atoms with Gasteiger partial charge < -0.3 is 9.84 Å². The van der Waals surface area contributed by atoms with Crippen LogP contribution in [0, 0.1) is 6.92 Å². The van der Waals surface area contributed by atoms with Crippen molar-refractivity contribution in [2.75, 3.05) is 6.61 Å². The Kier molecular flexibility index (Phi) is 3.64. The molecule has 1 aromatic carbocycles.